The van der Waals surface area contributed by atoms with E-state index in [2.05, 4.69) is 0 Å². The quantitative estimate of drug-likeness (QED) is 0.746. The monoisotopic (exact) mass is 228 g/mol. The zero-order chi connectivity index (χ0) is 12.3. The van der Waals surface area contributed by atoms with Crippen molar-refractivity contribution in [3.8, 4) is 0 Å². The number of amides is 2. The van der Waals surface area contributed by atoms with E-state index < -0.39 is 6.10 Å². The fourth-order valence-electron chi connectivity index (χ4n) is 1.98. The molecule has 92 valence electrons. The van der Waals surface area contributed by atoms with Crippen molar-refractivity contribution < 1.29 is 14.3 Å². The average molecular weight is 228 g/mol. The Hall–Kier alpha value is -1.10. The molecule has 3 atom stereocenters. The zero-order valence-corrected chi connectivity index (χ0v) is 10.1. The van der Waals surface area contributed by atoms with Gasteiger partial charge in [-0.1, -0.05) is 0 Å². The molecule has 1 fully saturated rings. The summed E-state index contributed by atoms with van der Waals surface area (Å²) in [6.45, 7) is 4.11. The Morgan fingerprint density at radius 1 is 1.44 bits per heavy atom. The van der Waals surface area contributed by atoms with E-state index in [1.54, 1.807) is 11.8 Å². The molecular formula is C11H20N2O3. The van der Waals surface area contributed by atoms with Gasteiger partial charge in [-0.05, 0) is 26.7 Å². The maximum absolute atomic E-state index is 12.0. The molecule has 0 saturated carbocycles. The van der Waals surface area contributed by atoms with E-state index in [1.165, 1.54) is 7.11 Å². The van der Waals surface area contributed by atoms with E-state index in [-0.39, 0.29) is 23.8 Å². The molecule has 1 rings (SSSR count). The van der Waals surface area contributed by atoms with Gasteiger partial charge in [0.25, 0.3) is 5.91 Å². The first-order chi connectivity index (χ1) is 7.47. The van der Waals surface area contributed by atoms with E-state index in [0.29, 0.717) is 6.54 Å². The number of hydrogen-bond acceptors (Lipinski definition) is 3. The van der Waals surface area contributed by atoms with E-state index >= 15 is 0 Å². The van der Waals surface area contributed by atoms with Gasteiger partial charge >= 0.3 is 0 Å². The lowest BCUT2D eigenvalue weighted by atomic mass is 9.92. The molecule has 1 saturated heterocycles. The molecule has 0 aromatic carbocycles. The molecule has 1 heterocycles. The van der Waals surface area contributed by atoms with Crippen LogP contribution in [0.3, 0.4) is 0 Å². The lowest BCUT2D eigenvalue weighted by Crippen LogP contribution is -2.51. The molecule has 0 spiro atoms. The Morgan fingerprint density at radius 3 is 2.56 bits per heavy atom. The fraction of sp³-hybridized carbons (Fsp3) is 0.818. The minimum Gasteiger partial charge on any atom is -0.372 e. The Bertz CT molecular complexity index is 280. The van der Waals surface area contributed by atoms with Gasteiger partial charge in [-0.3, -0.25) is 9.59 Å². The molecule has 0 aromatic heterocycles. The van der Waals surface area contributed by atoms with E-state index in [0.717, 1.165) is 12.8 Å². The first kappa shape index (κ1) is 13.0. The molecule has 5 nitrogen and oxygen atoms in total. The lowest BCUT2D eigenvalue weighted by molar-refractivity contribution is -0.146. The number of piperidine rings is 1. The Labute approximate surface area is 95.9 Å². The van der Waals surface area contributed by atoms with Crippen LogP contribution in [0, 0.1) is 5.92 Å². The summed E-state index contributed by atoms with van der Waals surface area (Å²) in [5.41, 5.74) is 5.28. The van der Waals surface area contributed by atoms with Gasteiger partial charge in [0, 0.05) is 19.7 Å². The van der Waals surface area contributed by atoms with Crippen LogP contribution in [0.1, 0.15) is 26.7 Å². The number of nitrogens with zero attached hydrogens (tertiary/aromatic N) is 1. The van der Waals surface area contributed by atoms with E-state index in [4.69, 9.17) is 10.5 Å². The van der Waals surface area contributed by atoms with Crippen molar-refractivity contribution in [2.75, 3.05) is 13.7 Å². The number of nitrogens with two attached hydrogens (primary N) is 1. The Morgan fingerprint density at radius 2 is 2.06 bits per heavy atom. The molecule has 0 aliphatic carbocycles. The van der Waals surface area contributed by atoms with Gasteiger partial charge in [0.2, 0.25) is 5.91 Å². The smallest absolute Gasteiger partial charge is 0.251 e. The summed E-state index contributed by atoms with van der Waals surface area (Å²) in [6.07, 6.45) is 1.12. The molecular weight excluding hydrogens is 208 g/mol. The summed E-state index contributed by atoms with van der Waals surface area (Å²) in [5.74, 6) is -0.611. The predicted octanol–water partition coefficient (Wildman–Crippen LogP) is 0.134. The van der Waals surface area contributed by atoms with Crippen LogP contribution in [-0.2, 0) is 14.3 Å². The van der Waals surface area contributed by atoms with Crippen molar-refractivity contribution in [2.24, 2.45) is 11.7 Å². The SMILES string of the molecule is COC(C)C(=O)N1CC(C(N)=O)CCC1C. The Kier molecular flexibility index (Phi) is 4.29. The molecule has 1 aliphatic rings. The number of carbonyl (C=O) groups excluding carboxylic acids is 2. The number of rotatable bonds is 3. The van der Waals surface area contributed by atoms with Crippen molar-refractivity contribution in [3.05, 3.63) is 0 Å². The second-order valence-corrected chi connectivity index (χ2v) is 4.39. The molecule has 3 unspecified atom stereocenters. The largest absolute Gasteiger partial charge is 0.372 e. The third-order valence-corrected chi connectivity index (χ3v) is 3.27. The predicted molar refractivity (Wildman–Crippen MR) is 59.6 cm³/mol. The van der Waals surface area contributed by atoms with Crippen LogP contribution in [0.25, 0.3) is 0 Å². The van der Waals surface area contributed by atoms with Gasteiger partial charge in [-0.15, -0.1) is 0 Å². The number of carbonyl (C=O) groups is 2. The topological polar surface area (TPSA) is 72.6 Å². The van der Waals surface area contributed by atoms with Crippen molar-refractivity contribution in [3.63, 3.8) is 0 Å². The third-order valence-electron chi connectivity index (χ3n) is 3.27. The van der Waals surface area contributed by atoms with Gasteiger partial charge in [0.1, 0.15) is 6.10 Å². The molecule has 0 aromatic rings. The van der Waals surface area contributed by atoms with Crippen LogP contribution in [-0.4, -0.2) is 42.5 Å². The maximum atomic E-state index is 12.0. The fourth-order valence-corrected chi connectivity index (χ4v) is 1.98. The summed E-state index contributed by atoms with van der Waals surface area (Å²) in [5, 5.41) is 0. The van der Waals surface area contributed by atoms with Crippen LogP contribution in [0.15, 0.2) is 0 Å². The number of likely N-dealkylation sites (tertiary alicyclic amines) is 1. The highest BCUT2D eigenvalue weighted by atomic mass is 16.5. The van der Waals surface area contributed by atoms with Gasteiger partial charge < -0.3 is 15.4 Å². The van der Waals surface area contributed by atoms with Crippen molar-refractivity contribution in [1.82, 2.24) is 4.90 Å². The highest BCUT2D eigenvalue weighted by molar-refractivity contribution is 5.83. The first-order valence-corrected chi connectivity index (χ1v) is 5.60. The molecule has 0 bridgehead atoms. The molecule has 16 heavy (non-hydrogen) atoms. The summed E-state index contributed by atoms with van der Waals surface area (Å²) in [6, 6.07) is 0.153. The van der Waals surface area contributed by atoms with E-state index in [9.17, 15) is 9.59 Å². The van der Waals surface area contributed by atoms with Crippen LogP contribution < -0.4 is 5.73 Å². The van der Waals surface area contributed by atoms with Crippen molar-refractivity contribution in [2.45, 2.75) is 38.8 Å². The normalized spacial score (nSPS) is 27.6. The molecule has 2 amide bonds. The minimum atomic E-state index is -0.464. The standard InChI is InChI=1S/C11H20N2O3/c1-7-4-5-9(10(12)14)6-13(7)11(15)8(2)16-3/h7-9H,4-6H2,1-3H3,(H2,12,14). The van der Waals surface area contributed by atoms with Gasteiger partial charge in [0.05, 0.1) is 5.92 Å². The second-order valence-electron chi connectivity index (χ2n) is 4.39. The number of ether oxygens (including phenoxy) is 1. The summed E-state index contributed by atoms with van der Waals surface area (Å²) >= 11 is 0. The van der Waals surface area contributed by atoms with Crippen molar-refractivity contribution in [1.29, 1.82) is 0 Å². The van der Waals surface area contributed by atoms with Crippen molar-refractivity contribution >= 4 is 11.8 Å². The second kappa shape index (κ2) is 5.30. The third kappa shape index (κ3) is 2.72. The molecule has 0 radical (unpaired) electrons. The highest BCUT2D eigenvalue weighted by Gasteiger charge is 2.33. The Balaban J connectivity index is 2.69. The summed E-state index contributed by atoms with van der Waals surface area (Å²) < 4.78 is 5.00. The first-order valence-electron chi connectivity index (χ1n) is 5.60. The van der Waals surface area contributed by atoms with Crippen LogP contribution in [0.5, 0.6) is 0 Å². The zero-order valence-electron chi connectivity index (χ0n) is 10.1. The molecule has 2 N–H and O–H groups in total. The number of primary amides is 1. The van der Waals surface area contributed by atoms with Gasteiger partial charge in [-0.2, -0.15) is 0 Å². The number of hydrogen-bond donors (Lipinski definition) is 1. The van der Waals surface area contributed by atoms with Crippen LogP contribution >= 0.6 is 0 Å². The molecule has 1 aliphatic heterocycles. The summed E-state index contributed by atoms with van der Waals surface area (Å²) in [7, 11) is 1.50. The molecule has 5 heteroatoms. The van der Waals surface area contributed by atoms with Crippen LogP contribution in [0.2, 0.25) is 0 Å². The lowest BCUT2D eigenvalue weighted by Gasteiger charge is -2.38. The van der Waals surface area contributed by atoms with Gasteiger partial charge in [-0.25, -0.2) is 0 Å². The number of methoxy groups -OCH3 is 1. The highest BCUT2D eigenvalue weighted by Crippen LogP contribution is 2.22. The summed E-state index contributed by atoms with van der Waals surface area (Å²) in [4.78, 5) is 24.8. The van der Waals surface area contributed by atoms with Gasteiger partial charge in [0.15, 0.2) is 0 Å². The van der Waals surface area contributed by atoms with E-state index in [1.807, 2.05) is 6.92 Å². The average Bonchev–Trinajstić information content (AvgIpc) is 2.27. The van der Waals surface area contributed by atoms with Crippen LogP contribution in [0.4, 0.5) is 0 Å². The maximum Gasteiger partial charge on any atom is 0.251 e. The minimum absolute atomic E-state index is 0.0686.